The van der Waals surface area contributed by atoms with E-state index in [4.69, 9.17) is 9.47 Å². The van der Waals surface area contributed by atoms with Crippen molar-refractivity contribution >= 4 is 29.9 Å². The van der Waals surface area contributed by atoms with E-state index in [-0.39, 0.29) is 29.5 Å². The molecular formula is C17H31IN4O3. The normalized spacial score (nSPS) is 11.0. The molecule has 144 valence electrons. The first kappa shape index (κ1) is 23.9. The third-order valence-corrected chi connectivity index (χ3v) is 3.43. The van der Waals surface area contributed by atoms with Gasteiger partial charge in [0.1, 0.15) is 0 Å². The SMILES string of the molecule is CN=C(NCCCCn1ccccc1=O)NCCCOCCOC.I. The molecule has 0 saturated carbocycles. The zero-order chi connectivity index (χ0) is 17.5. The van der Waals surface area contributed by atoms with Crippen LogP contribution in [0.5, 0.6) is 0 Å². The average molecular weight is 466 g/mol. The van der Waals surface area contributed by atoms with Crippen LogP contribution < -0.4 is 16.2 Å². The number of ether oxygens (including phenoxy) is 2. The number of hydrogen-bond acceptors (Lipinski definition) is 4. The van der Waals surface area contributed by atoms with Gasteiger partial charge in [0.2, 0.25) is 5.56 Å². The summed E-state index contributed by atoms with van der Waals surface area (Å²) < 4.78 is 12.0. The van der Waals surface area contributed by atoms with Crippen LogP contribution in [0.4, 0.5) is 0 Å². The molecular weight excluding hydrogens is 435 g/mol. The number of pyridine rings is 1. The van der Waals surface area contributed by atoms with Gasteiger partial charge in [-0.2, -0.15) is 0 Å². The van der Waals surface area contributed by atoms with Gasteiger partial charge in [0, 0.05) is 52.7 Å². The molecule has 1 aromatic heterocycles. The maximum Gasteiger partial charge on any atom is 0.250 e. The minimum Gasteiger partial charge on any atom is -0.382 e. The second kappa shape index (κ2) is 16.3. The summed E-state index contributed by atoms with van der Waals surface area (Å²) in [6.45, 7) is 4.35. The summed E-state index contributed by atoms with van der Waals surface area (Å²) in [6.07, 6.45) is 4.66. The molecule has 0 aliphatic heterocycles. The van der Waals surface area contributed by atoms with E-state index in [1.807, 2.05) is 12.3 Å². The molecule has 0 amide bonds. The van der Waals surface area contributed by atoms with E-state index < -0.39 is 0 Å². The molecule has 0 aliphatic rings. The average Bonchev–Trinajstić information content (AvgIpc) is 2.60. The van der Waals surface area contributed by atoms with Crippen molar-refractivity contribution in [1.82, 2.24) is 15.2 Å². The van der Waals surface area contributed by atoms with Crippen LogP contribution in [-0.2, 0) is 16.0 Å². The second-order valence-electron chi connectivity index (χ2n) is 5.32. The fourth-order valence-corrected chi connectivity index (χ4v) is 2.11. The summed E-state index contributed by atoms with van der Waals surface area (Å²) in [5.74, 6) is 0.795. The van der Waals surface area contributed by atoms with Gasteiger partial charge in [-0.3, -0.25) is 9.79 Å². The zero-order valence-corrected chi connectivity index (χ0v) is 17.5. The minimum absolute atomic E-state index is 0. The lowest BCUT2D eigenvalue weighted by molar-refractivity contribution is 0.0698. The van der Waals surface area contributed by atoms with Gasteiger partial charge >= 0.3 is 0 Å². The lowest BCUT2D eigenvalue weighted by Crippen LogP contribution is -2.38. The number of rotatable bonds is 12. The second-order valence-corrected chi connectivity index (χ2v) is 5.32. The van der Waals surface area contributed by atoms with Crippen LogP contribution >= 0.6 is 24.0 Å². The molecule has 0 atom stereocenters. The number of halogens is 1. The Labute approximate surface area is 167 Å². The van der Waals surface area contributed by atoms with Gasteiger partial charge in [-0.05, 0) is 25.3 Å². The Kier molecular flexibility index (Phi) is 15.6. The zero-order valence-electron chi connectivity index (χ0n) is 15.2. The molecule has 0 saturated heterocycles. The van der Waals surface area contributed by atoms with Gasteiger partial charge in [-0.25, -0.2) is 0 Å². The number of nitrogens with one attached hydrogen (secondary N) is 2. The Hall–Kier alpha value is -1.13. The van der Waals surface area contributed by atoms with Crippen LogP contribution in [0.2, 0.25) is 0 Å². The van der Waals surface area contributed by atoms with Crippen molar-refractivity contribution < 1.29 is 9.47 Å². The fraction of sp³-hybridized carbons (Fsp3) is 0.647. The van der Waals surface area contributed by atoms with Gasteiger partial charge in [-0.1, -0.05) is 6.07 Å². The molecule has 8 heteroatoms. The van der Waals surface area contributed by atoms with Crippen molar-refractivity contribution in [3.8, 4) is 0 Å². The van der Waals surface area contributed by atoms with Crippen molar-refractivity contribution in [2.24, 2.45) is 4.99 Å². The maximum atomic E-state index is 11.6. The number of nitrogens with zero attached hydrogens (tertiary/aromatic N) is 2. The van der Waals surface area contributed by atoms with Crippen LogP contribution in [0.25, 0.3) is 0 Å². The number of unbranched alkanes of at least 4 members (excludes halogenated alkanes) is 1. The first-order valence-corrected chi connectivity index (χ1v) is 8.44. The Morgan fingerprint density at radius 2 is 1.88 bits per heavy atom. The van der Waals surface area contributed by atoms with Crippen LogP contribution in [0.1, 0.15) is 19.3 Å². The molecule has 1 aromatic rings. The van der Waals surface area contributed by atoms with Crippen molar-refractivity contribution in [3.63, 3.8) is 0 Å². The summed E-state index contributed by atoms with van der Waals surface area (Å²) in [4.78, 5) is 15.8. The molecule has 1 heterocycles. The Morgan fingerprint density at radius 3 is 2.56 bits per heavy atom. The lowest BCUT2D eigenvalue weighted by atomic mass is 10.3. The molecule has 0 aliphatic carbocycles. The smallest absolute Gasteiger partial charge is 0.250 e. The molecule has 25 heavy (non-hydrogen) atoms. The van der Waals surface area contributed by atoms with Crippen LogP contribution in [0.3, 0.4) is 0 Å². The quantitative estimate of drug-likeness (QED) is 0.211. The summed E-state index contributed by atoms with van der Waals surface area (Å²) in [5.41, 5.74) is 0.0515. The molecule has 2 N–H and O–H groups in total. The van der Waals surface area contributed by atoms with Gasteiger partial charge in [0.05, 0.1) is 13.2 Å². The standard InChI is InChI=1S/C17H30N4O3.HI/c1-18-17(20-10-7-13-24-15-14-23-2)19-9-4-6-12-21-11-5-3-8-16(21)22;/h3,5,8,11H,4,6-7,9-10,12-15H2,1-2H3,(H2,18,19,20);1H. The highest BCUT2D eigenvalue weighted by atomic mass is 127. The highest BCUT2D eigenvalue weighted by molar-refractivity contribution is 14.0. The molecule has 1 rings (SSSR count). The van der Waals surface area contributed by atoms with Crippen molar-refractivity contribution in [2.75, 3.05) is 47.1 Å². The van der Waals surface area contributed by atoms with E-state index >= 15 is 0 Å². The van der Waals surface area contributed by atoms with E-state index in [0.717, 1.165) is 44.9 Å². The summed E-state index contributed by atoms with van der Waals surface area (Å²) in [6, 6.07) is 5.23. The summed E-state index contributed by atoms with van der Waals surface area (Å²) >= 11 is 0. The van der Waals surface area contributed by atoms with Gasteiger partial charge in [-0.15, -0.1) is 24.0 Å². The number of aryl methyl sites for hydroxylation is 1. The summed E-state index contributed by atoms with van der Waals surface area (Å²) in [7, 11) is 3.42. The van der Waals surface area contributed by atoms with Gasteiger partial charge in [0.25, 0.3) is 0 Å². The Bertz CT molecular complexity index is 523. The number of methoxy groups -OCH3 is 1. The highest BCUT2D eigenvalue weighted by Gasteiger charge is 1.98. The molecule has 0 unspecified atom stereocenters. The first-order valence-electron chi connectivity index (χ1n) is 8.44. The highest BCUT2D eigenvalue weighted by Crippen LogP contribution is 1.92. The number of hydrogen-bond donors (Lipinski definition) is 2. The van der Waals surface area contributed by atoms with Crippen molar-refractivity contribution in [2.45, 2.75) is 25.8 Å². The number of aromatic nitrogens is 1. The summed E-state index contributed by atoms with van der Waals surface area (Å²) in [5, 5.41) is 6.52. The molecule has 0 aromatic carbocycles. The van der Waals surface area contributed by atoms with Crippen LogP contribution in [0, 0.1) is 0 Å². The van der Waals surface area contributed by atoms with E-state index in [0.29, 0.717) is 19.8 Å². The molecule has 0 bridgehead atoms. The third-order valence-electron chi connectivity index (χ3n) is 3.43. The van der Waals surface area contributed by atoms with Crippen molar-refractivity contribution in [1.29, 1.82) is 0 Å². The third kappa shape index (κ3) is 12.0. The van der Waals surface area contributed by atoms with E-state index in [1.54, 1.807) is 30.9 Å². The Morgan fingerprint density at radius 1 is 1.12 bits per heavy atom. The van der Waals surface area contributed by atoms with Crippen molar-refractivity contribution in [3.05, 3.63) is 34.7 Å². The number of guanidine groups is 1. The predicted molar refractivity (Wildman–Crippen MR) is 112 cm³/mol. The number of aliphatic imine (C=N–C) groups is 1. The van der Waals surface area contributed by atoms with E-state index in [1.165, 1.54) is 0 Å². The topological polar surface area (TPSA) is 76.9 Å². The van der Waals surface area contributed by atoms with Gasteiger partial charge < -0.3 is 24.7 Å². The predicted octanol–water partition coefficient (Wildman–Crippen LogP) is 1.46. The molecule has 0 fully saturated rings. The minimum atomic E-state index is 0. The lowest BCUT2D eigenvalue weighted by Gasteiger charge is -2.12. The van der Waals surface area contributed by atoms with Crippen LogP contribution in [-0.4, -0.2) is 57.6 Å². The fourth-order valence-electron chi connectivity index (χ4n) is 2.11. The van der Waals surface area contributed by atoms with Crippen LogP contribution in [0.15, 0.2) is 34.2 Å². The van der Waals surface area contributed by atoms with E-state index in [2.05, 4.69) is 15.6 Å². The molecule has 7 nitrogen and oxygen atoms in total. The van der Waals surface area contributed by atoms with Gasteiger partial charge in [0.15, 0.2) is 5.96 Å². The monoisotopic (exact) mass is 466 g/mol. The maximum absolute atomic E-state index is 11.6. The van der Waals surface area contributed by atoms with E-state index in [9.17, 15) is 4.79 Å². The first-order chi connectivity index (χ1) is 11.8. The molecule has 0 spiro atoms. The largest absolute Gasteiger partial charge is 0.382 e. The Balaban J connectivity index is 0.00000576. The molecule has 0 radical (unpaired) electrons.